The number of fused-ring (bicyclic) bond motifs is 1. The summed E-state index contributed by atoms with van der Waals surface area (Å²) in [5, 5.41) is 12.3. The van der Waals surface area contributed by atoms with Crippen LogP contribution in [0.25, 0.3) is 5.65 Å². The van der Waals surface area contributed by atoms with E-state index < -0.39 is 0 Å². The molecule has 0 radical (unpaired) electrons. The van der Waals surface area contributed by atoms with Gasteiger partial charge in [0.2, 0.25) is 5.65 Å². The van der Waals surface area contributed by atoms with E-state index in [1.54, 1.807) is 12.5 Å². The number of aromatic nitrogens is 4. The normalized spacial score (nSPS) is 24.3. The predicted molar refractivity (Wildman–Crippen MR) is 74.0 cm³/mol. The van der Waals surface area contributed by atoms with Crippen molar-refractivity contribution in [3.63, 3.8) is 0 Å². The second-order valence-electron chi connectivity index (χ2n) is 4.65. The van der Waals surface area contributed by atoms with Crippen LogP contribution in [-0.2, 0) is 0 Å². The van der Waals surface area contributed by atoms with Crippen LogP contribution in [0.15, 0.2) is 18.7 Å². The molecule has 1 aliphatic carbocycles. The highest BCUT2D eigenvalue weighted by Gasteiger charge is 2.25. The maximum absolute atomic E-state index is 4.40. The van der Waals surface area contributed by atoms with Crippen LogP contribution < -0.4 is 5.32 Å². The molecule has 1 fully saturated rings. The maximum Gasteiger partial charge on any atom is 0.203 e. The quantitative estimate of drug-likeness (QED) is 0.920. The lowest BCUT2D eigenvalue weighted by Crippen LogP contribution is -2.34. The van der Waals surface area contributed by atoms with Gasteiger partial charge in [-0.05, 0) is 19.1 Å². The molecule has 2 aromatic rings. The van der Waals surface area contributed by atoms with Crippen LogP contribution in [0.2, 0.25) is 0 Å². The molecule has 1 saturated carbocycles. The van der Waals surface area contributed by atoms with Gasteiger partial charge < -0.3 is 5.32 Å². The average molecular weight is 263 g/mol. The second-order valence-corrected chi connectivity index (χ2v) is 5.72. The molecule has 2 aromatic heterocycles. The molecule has 96 valence electrons. The summed E-state index contributed by atoms with van der Waals surface area (Å²) in [5.74, 6) is 0.848. The highest BCUT2D eigenvalue weighted by molar-refractivity contribution is 7.99. The van der Waals surface area contributed by atoms with Gasteiger partial charge in [0.05, 0.1) is 0 Å². The van der Waals surface area contributed by atoms with E-state index >= 15 is 0 Å². The summed E-state index contributed by atoms with van der Waals surface area (Å²) in [7, 11) is 0. The number of hydrogen-bond acceptors (Lipinski definition) is 5. The first kappa shape index (κ1) is 11.8. The zero-order chi connectivity index (χ0) is 12.4. The fourth-order valence-corrected chi connectivity index (χ4v) is 3.52. The highest BCUT2D eigenvalue weighted by atomic mass is 32.2. The van der Waals surface area contributed by atoms with E-state index in [9.17, 15) is 0 Å². The van der Waals surface area contributed by atoms with Crippen molar-refractivity contribution in [3.8, 4) is 0 Å². The van der Waals surface area contributed by atoms with Crippen LogP contribution in [0.4, 0.5) is 5.82 Å². The number of thioether (sulfide) groups is 1. The Morgan fingerprint density at radius 3 is 3.17 bits per heavy atom. The SMILES string of the molecule is CSC1CCCCC1Nc1nccn2cnnc12. The lowest BCUT2D eigenvalue weighted by atomic mass is 9.95. The molecule has 0 amide bonds. The fourth-order valence-electron chi connectivity index (χ4n) is 2.58. The molecule has 1 aliphatic rings. The van der Waals surface area contributed by atoms with E-state index in [0.717, 1.165) is 11.5 Å². The number of nitrogens with one attached hydrogen (secondary N) is 1. The highest BCUT2D eigenvalue weighted by Crippen LogP contribution is 2.29. The number of nitrogens with zero attached hydrogens (tertiary/aromatic N) is 4. The Hall–Kier alpha value is -1.30. The first-order chi connectivity index (χ1) is 8.88. The molecule has 2 atom stereocenters. The minimum absolute atomic E-state index is 0.490. The summed E-state index contributed by atoms with van der Waals surface area (Å²) in [4.78, 5) is 4.40. The zero-order valence-electron chi connectivity index (χ0n) is 10.4. The van der Waals surface area contributed by atoms with Crippen LogP contribution in [-0.4, -0.2) is 37.1 Å². The molecule has 3 rings (SSSR count). The lowest BCUT2D eigenvalue weighted by Gasteiger charge is -2.31. The van der Waals surface area contributed by atoms with E-state index in [1.165, 1.54) is 25.7 Å². The Labute approximate surface area is 110 Å². The molecule has 0 spiro atoms. The van der Waals surface area contributed by atoms with Crippen molar-refractivity contribution in [2.75, 3.05) is 11.6 Å². The summed E-state index contributed by atoms with van der Waals surface area (Å²) >= 11 is 1.95. The van der Waals surface area contributed by atoms with Gasteiger partial charge in [-0.15, -0.1) is 10.2 Å². The van der Waals surface area contributed by atoms with Crippen molar-refractivity contribution in [1.82, 2.24) is 19.6 Å². The third-order valence-corrected chi connectivity index (χ3v) is 4.71. The van der Waals surface area contributed by atoms with Gasteiger partial charge >= 0.3 is 0 Å². The standard InChI is InChI=1S/C12H17N5S/c1-18-10-5-3-2-4-9(10)15-11-12-16-14-8-17(12)7-6-13-11/h6-10H,2-5H2,1H3,(H,13,15). The van der Waals surface area contributed by atoms with Gasteiger partial charge in [-0.25, -0.2) is 4.98 Å². The first-order valence-electron chi connectivity index (χ1n) is 6.32. The maximum atomic E-state index is 4.40. The predicted octanol–water partition coefficient (Wildman–Crippen LogP) is 2.21. The zero-order valence-corrected chi connectivity index (χ0v) is 11.2. The molecule has 6 heteroatoms. The number of anilines is 1. The van der Waals surface area contributed by atoms with Crippen LogP contribution in [0, 0.1) is 0 Å². The minimum atomic E-state index is 0.490. The first-order valence-corrected chi connectivity index (χ1v) is 7.61. The van der Waals surface area contributed by atoms with Crippen molar-refractivity contribution in [2.45, 2.75) is 37.0 Å². The topological polar surface area (TPSA) is 55.1 Å². The molecule has 2 unspecified atom stereocenters. The molecule has 0 aliphatic heterocycles. The second kappa shape index (κ2) is 5.14. The molecular weight excluding hydrogens is 246 g/mol. The summed E-state index contributed by atoms with van der Waals surface area (Å²) in [5.41, 5.74) is 0.808. The van der Waals surface area contributed by atoms with Crippen molar-refractivity contribution in [3.05, 3.63) is 18.7 Å². The van der Waals surface area contributed by atoms with Gasteiger partial charge in [0.15, 0.2) is 5.82 Å². The molecule has 0 bridgehead atoms. The average Bonchev–Trinajstić information content (AvgIpc) is 2.89. The Morgan fingerprint density at radius 2 is 2.28 bits per heavy atom. The smallest absolute Gasteiger partial charge is 0.203 e. The van der Waals surface area contributed by atoms with E-state index in [4.69, 9.17) is 0 Å². The van der Waals surface area contributed by atoms with E-state index in [2.05, 4.69) is 26.8 Å². The van der Waals surface area contributed by atoms with Gasteiger partial charge in [0.25, 0.3) is 0 Å². The van der Waals surface area contributed by atoms with Crippen LogP contribution in [0.1, 0.15) is 25.7 Å². The molecule has 0 aromatic carbocycles. The summed E-state index contributed by atoms with van der Waals surface area (Å²) < 4.78 is 1.90. The summed E-state index contributed by atoms with van der Waals surface area (Å²) in [6.07, 6.45) is 12.7. The molecule has 5 nitrogen and oxygen atoms in total. The number of rotatable bonds is 3. The Morgan fingerprint density at radius 1 is 1.39 bits per heavy atom. The fraction of sp³-hybridized carbons (Fsp3) is 0.583. The Bertz CT molecular complexity index is 526. The molecule has 0 saturated heterocycles. The van der Waals surface area contributed by atoms with Crippen molar-refractivity contribution in [1.29, 1.82) is 0 Å². The molecule has 2 heterocycles. The van der Waals surface area contributed by atoms with Crippen LogP contribution >= 0.6 is 11.8 Å². The molecule has 1 N–H and O–H groups in total. The van der Waals surface area contributed by atoms with Gasteiger partial charge in [0, 0.05) is 23.7 Å². The van der Waals surface area contributed by atoms with E-state index in [-0.39, 0.29) is 0 Å². The monoisotopic (exact) mass is 263 g/mol. The summed E-state index contributed by atoms with van der Waals surface area (Å²) in [6.45, 7) is 0. The lowest BCUT2D eigenvalue weighted by molar-refractivity contribution is 0.474. The minimum Gasteiger partial charge on any atom is -0.363 e. The van der Waals surface area contributed by atoms with Crippen molar-refractivity contribution >= 4 is 23.2 Å². The molecule has 18 heavy (non-hydrogen) atoms. The summed E-state index contributed by atoms with van der Waals surface area (Å²) in [6, 6.07) is 0.490. The van der Waals surface area contributed by atoms with Crippen molar-refractivity contribution in [2.24, 2.45) is 0 Å². The van der Waals surface area contributed by atoms with E-state index in [0.29, 0.717) is 11.3 Å². The number of hydrogen-bond donors (Lipinski definition) is 1. The Balaban J connectivity index is 1.84. The van der Waals surface area contributed by atoms with Gasteiger partial charge in [0.1, 0.15) is 6.33 Å². The van der Waals surface area contributed by atoms with Crippen LogP contribution in [0.5, 0.6) is 0 Å². The van der Waals surface area contributed by atoms with Crippen LogP contribution in [0.3, 0.4) is 0 Å². The largest absolute Gasteiger partial charge is 0.363 e. The van der Waals surface area contributed by atoms with Crippen molar-refractivity contribution < 1.29 is 0 Å². The third-order valence-electron chi connectivity index (χ3n) is 3.54. The van der Waals surface area contributed by atoms with Gasteiger partial charge in [-0.2, -0.15) is 11.8 Å². The van der Waals surface area contributed by atoms with Gasteiger partial charge in [-0.1, -0.05) is 12.8 Å². The third kappa shape index (κ3) is 2.16. The Kier molecular flexibility index (Phi) is 3.36. The van der Waals surface area contributed by atoms with E-state index in [1.807, 2.05) is 22.4 Å². The van der Waals surface area contributed by atoms with Gasteiger partial charge in [-0.3, -0.25) is 4.40 Å². The molecular formula is C12H17N5S.